The summed E-state index contributed by atoms with van der Waals surface area (Å²) in [6, 6.07) is 0.654. The highest BCUT2D eigenvalue weighted by Crippen LogP contribution is 2.37. The fourth-order valence-electron chi connectivity index (χ4n) is 2.27. The Bertz CT molecular complexity index is 184. The molecule has 1 saturated carbocycles. The number of hydrogen-bond donors (Lipinski definition) is 3. The Kier molecular flexibility index (Phi) is 4.00. The zero-order valence-corrected chi connectivity index (χ0v) is 9.60. The molecule has 1 aliphatic carbocycles. The molecule has 0 aromatic rings. The standard InChI is InChI=1S/C12H24N2O/c15-12(5-6-12)7-9-13-10-11-4-2-1-3-8-14-11/h11,13-15H,1-10H2. The van der Waals surface area contributed by atoms with E-state index in [2.05, 4.69) is 10.6 Å². The molecular weight excluding hydrogens is 188 g/mol. The van der Waals surface area contributed by atoms with Gasteiger partial charge in [0.05, 0.1) is 5.60 Å². The van der Waals surface area contributed by atoms with Crippen molar-refractivity contribution in [2.75, 3.05) is 19.6 Å². The summed E-state index contributed by atoms with van der Waals surface area (Å²) in [5.74, 6) is 0. The summed E-state index contributed by atoms with van der Waals surface area (Å²) in [5.41, 5.74) is -0.288. The second kappa shape index (κ2) is 5.28. The number of hydrogen-bond acceptors (Lipinski definition) is 3. The number of nitrogens with one attached hydrogen (secondary N) is 2. The summed E-state index contributed by atoms with van der Waals surface area (Å²) in [7, 11) is 0. The molecule has 3 N–H and O–H groups in total. The number of rotatable bonds is 5. The summed E-state index contributed by atoms with van der Waals surface area (Å²) in [6.45, 7) is 3.21. The molecule has 0 aromatic carbocycles. The maximum absolute atomic E-state index is 9.66. The quantitative estimate of drug-likeness (QED) is 0.596. The smallest absolute Gasteiger partial charge is 0.0662 e. The minimum absolute atomic E-state index is 0.288. The van der Waals surface area contributed by atoms with Gasteiger partial charge in [-0.25, -0.2) is 0 Å². The van der Waals surface area contributed by atoms with Crippen LogP contribution in [0.15, 0.2) is 0 Å². The third-order valence-electron chi connectivity index (χ3n) is 3.65. The van der Waals surface area contributed by atoms with E-state index in [-0.39, 0.29) is 5.60 Å². The van der Waals surface area contributed by atoms with Gasteiger partial charge in [-0.05, 0) is 45.2 Å². The molecule has 0 amide bonds. The van der Waals surface area contributed by atoms with Gasteiger partial charge in [-0.15, -0.1) is 0 Å². The molecule has 0 spiro atoms. The van der Waals surface area contributed by atoms with E-state index in [4.69, 9.17) is 0 Å². The van der Waals surface area contributed by atoms with Gasteiger partial charge in [-0.2, -0.15) is 0 Å². The molecule has 1 unspecified atom stereocenters. The molecule has 3 heteroatoms. The van der Waals surface area contributed by atoms with Crippen LogP contribution in [0.2, 0.25) is 0 Å². The first-order valence-electron chi connectivity index (χ1n) is 6.45. The average molecular weight is 212 g/mol. The van der Waals surface area contributed by atoms with Crippen molar-refractivity contribution in [2.45, 2.75) is 56.6 Å². The predicted octanol–water partition coefficient (Wildman–Crippen LogP) is 1.02. The second-order valence-electron chi connectivity index (χ2n) is 5.18. The molecular formula is C12H24N2O. The highest BCUT2D eigenvalue weighted by atomic mass is 16.3. The van der Waals surface area contributed by atoms with Crippen molar-refractivity contribution in [2.24, 2.45) is 0 Å². The van der Waals surface area contributed by atoms with Gasteiger partial charge in [0.2, 0.25) is 0 Å². The van der Waals surface area contributed by atoms with Crippen LogP contribution in [0.3, 0.4) is 0 Å². The van der Waals surface area contributed by atoms with Gasteiger partial charge in [-0.3, -0.25) is 0 Å². The first-order valence-corrected chi connectivity index (χ1v) is 6.45. The Morgan fingerprint density at radius 3 is 2.93 bits per heavy atom. The first kappa shape index (κ1) is 11.4. The van der Waals surface area contributed by atoms with Crippen molar-refractivity contribution in [1.29, 1.82) is 0 Å². The van der Waals surface area contributed by atoms with E-state index in [1.807, 2.05) is 0 Å². The van der Waals surface area contributed by atoms with Gasteiger partial charge < -0.3 is 15.7 Å². The summed E-state index contributed by atoms with van der Waals surface area (Å²) >= 11 is 0. The number of aliphatic hydroxyl groups is 1. The zero-order valence-electron chi connectivity index (χ0n) is 9.60. The van der Waals surface area contributed by atoms with Crippen LogP contribution < -0.4 is 10.6 Å². The summed E-state index contributed by atoms with van der Waals surface area (Å²) in [6.07, 6.45) is 8.33. The zero-order chi connectivity index (χ0) is 10.6. The lowest BCUT2D eigenvalue weighted by molar-refractivity contribution is 0.139. The van der Waals surface area contributed by atoms with E-state index in [1.54, 1.807) is 0 Å². The average Bonchev–Trinajstić information content (AvgIpc) is 2.98. The summed E-state index contributed by atoms with van der Waals surface area (Å²) in [5, 5.41) is 16.7. The topological polar surface area (TPSA) is 44.3 Å². The Morgan fingerprint density at radius 2 is 2.13 bits per heavy atom. The molecule has 88 valence electrons. The van der Waals surface area contributed by atoms with Crippen LogP contribution in [0.4, 0.5) is 0 Å². The van der Waals surface area contributed by atoms with E-state index >= 15 is 0 Å². The van der Waals surface area contributed by atoms with Crippen LogP contribution in [-0.4, -0.2) is 36.4 Å². The maximum Gasteiger partial charge on any atom is 0.0662 e. The van der Waals surface area contributed by atoms with E-state index in [0.717, 1.165) is 32.4 Å². The van der Waals surface area contributed by atoms with Crippen LogP contribution >= 0.6 is 0 Å². The largest absolute Gasteiger partial charge is 0.390 e. The van der Waals surface area contributed by atoms with Crippen molar-refractivity contribution in [3.05, 3.63) is 0 Å². The normalized spacial score (nSPS) is 29.8. The minimum atomic E-state index is -0.288. The molecule has 1 atom stereocenters. The van der Waals surface area contributed by atoms with Gasteiger partial charge in [0.15, 0.2) is 0 Å². The third-order valence-corrected chi connectivity index (χ3v) is 3.65. The Balaban J connectivity index is 1.52. The molecule has 0 radical (unpaired) electrons. The van der Waals surface area contributed by atoms with Crippen molar-refractivity contribution in [3.8, 4) is 0 Å². The van der Waals surface area contributed by atoms with Gasteiger partial charge >= 0.3 is 0 Å². The van der Waals surface area contributed by atoms with Gasteiger partial charge in [-0.1, -0.05) is 12.8 Å². The minimum Gasteiger partial charge on any atom is -0.390 e. The monoisotopic (exact) mass is 212 g/mol. The Morgan fingerprint density at radius 1 is 1.27 bits per heavy atom. The van der Waals surface area contributed by atoms with Crippen LogP contribution in [0.25, 0.3) is 0 Å². The van der Waals surface area contributed by atoms with Gasteiger partial charge in [0.1, 0.15) is 0 Å². The molecule has 1 saturated heterocycles. The summed E-state index contributed by atoms with van der Waals surface area (Å²) < 4.78 is 0. The molecule has 0 bridgehead atoms. The molecule has 0 aromatic heterocycles. The van der Waals surface area contributed by atoms with Gasteiger partial charge in [0.25, 0.3) is 0 Å². The second-order valence-corrected chi connectivity index (χ2v) is 5.18. The van der Waals surface area contributed by atoms with Crippen LogP contribution in [0, 0.1) is 0 Å². The third kappa shape index (κ3) is 4.09. The molecule has 2 aliphatic rings. The lowest BCUT2D eigenvalue weighted by Gasteiger charge is -2.17. The van der Waals surface area contributed by atoms with E-state index < -0.39 is 0 Å². The fourth-order valence-corrected chi connectivity index (χ4v) is 2.27. The predicted molar refractivity (Wildman–Crippen MR) is 61.9 cm³/mol. The molecule has 1 heterocycles. The highest BCUT2D eigenvalue weighted by molar-refractivity contribution is 4.93. The van der Waals surface area contributed by atoms with Crippen LogP contribution in [-0.2, 0) is 0 Å². The molecule has 3 nitrogen and oxygen atoms in total. The molecule has 2 rings (SSSR count). The molecule has 15 heavy (non-hydrogen) atoms. The van der Waals surface area contributed by atoms with Crippen molar-refractivity contribution in [3.63, 3.8) is 0 Å². The van der Waals surface area contributed by atoms with E-state index in [9.17, 15) is 5.11 Å². The van der Waals surface area contributed by atoms with Crippen LogP contribution in [0.1, 0.15) is 44.9 Å². The van der Waals surface area contributed by atoms with Crippen LogP contribution in [0.5, 0.6) is 0 Å². The lowest BCUT2D eigenvalue weighted by atomic mass is 10.1. The van der Waals surface area contributed by atoms with Crippen molar-refractivity contribution >= 4 is 0 Å². The SMILES string of the molecule is OC1(CCNCC2CCCCCN2)CC1. The van der Waals surface area contributed by atoms with Crippen molar-refractivity contribution < 1.29 is 5.11 Å². The molecule has 2 fully saturated rings. The Hall–Kier alpha value is -0.120. The maximum atomic E-state index is 9.66. The fraction of sp³-hybridized carbons (Fsp3) is 1.00. The van der Waals surface area contributed by atoms with E-state index in [1.165, 1.54) is 32.2 Å². The highest BCUT2D eigenvalue weighted by Gasteiger charge is 2.39. The summed E-state index contributed by atoms with van der Waals surface area (Å²) in [4.78, 5) is 0. The Labute approximate surface area is 92.6 Å². The van der Waals surface area contributed by atoms with Gasteiger partial charge in [0, 0.05) is 12.6 Å². The lowest BCUT2D eigenvalue weighted by Crippen LogP contribution is -2.39. The van der Waals surface area contributed by atoms with Crippen molar-refractivity contribution in [1.82, 2.24) is 10.6 Å². The first-order chi connectivity index (χ1) is 7.29. The molecule has 1 aliphatic heterocycles. The van der Waals surface area contributed by atoms with E-state index in [0.29, 0.717) is 6.04 Å².